The molecule has 8 heteroatoms. The molecule has 0 atom stereocenters. The van der Waals surface area contributed by atoms with Gasteiger partial charge in [0.15, 0.2) is 10.7 Å². The van der Waals surface area contributed by atoms with E-state index >= 15 is 0 Å². The van der Waals surface area contributed by atoms with Crippen molar-refractivity contribution in [2.45, 2.75) is 25.2 Å². The van der Waals surface area contributed by atoms with Crippen LogP contribution in [0.2, 0.25) is 0 Å². The van der Waals surface area contributed by atoms with Crippen LogP contribution < -0.4 is 9.80 Å². The summed E-state index contributed by atoms with van der Waals surface area (Å²) >= 11 is 1.67. The van der Waals surface area contributed by atoms with Gasteiger partial charge in [-0.05, 0) is 50.2 Å². The van der Waals surface area contributed by atoms with Crippen LogP contribution in [0, 0.1) is 0 Å². The maximum Gasteiger partial charge on any atom is 0.347 e. The molecule has 0 saturated carbocycles. The van der Waals surface area contributed by atoms with Crippen LogP contribution in [0.4, 0.5) is 11.4 Å². The van der Waals surface area contributed by atoms with Gasteiger partial charge in [-0.25, -0.2) is 9.59 Å². The number of ether oxygens (including phenoxy) is 2. The summed E-state index contributed by atoms with van der Waals surface area (Å²) in [5, 5.41) is 1.03. The molecule has 0 aliphatic carbocycles. The predicted octanol–water partition coefficient (Wildman–Crippen LogP) is 2.80. The van der Waals surface area contributed by atoms with E-state index in [0.717, 1.165) is 40.9 Å². The molecule has 3 rings (SSSR count). The lowest BCUT2D eigenvalue weighted by Gasteiger charge is -2.24. The highest BCUT2D eigenvalue weighted by Gasteiger charge is 2.29. The molecule has 0 spiro atoms. The van der Waals surface area contributed by atoms with Crippen LogP contribution in [0.3, 0.4) is 0 Å². The number of rotatable bonds is 6. The quantitative estimate of drug-likeness (QED) is 0.321. The standard InChI is InChI=1S/C19H23N3O4S/c1-4-25-17(23)14(18(24)26-5-2)12-21(3)13-7-8-16-15(11-13)22-10-6-9-20-19(22)27-16/h7-8,11-12H,4-6,9-10H2,1-3H3. The van der Waals surface area contributed by atoms with E-state index in [1.54, 1.807) is 37.6 Å². The zero-order valence-corrected chi connectivity index (χ0v) is 16.5. The molecular weight excluding hydrogens is 366 g/mol. The number of carbonyl (C=O) groups excluding carboxylic acids is 2. The number of aliphatic imine (C=N–C) groups is 1. The number of hydrogen-bond donors (Lipinski definition) is 0. The molecule has 0 fully saturated rings. The van der Waals surface area contributed by atoms with E-state index in [4.69, 9.17) is 9.47 Å². The molecule has 0 unspecified atom stereocenters. The van der Waals surface area contributed by atoms with Crippen molar-refractivity contribution in [3.05, 3.63) is 30.0 Å². The van der Waals surface area contributed by atoms with Gasteiger partial charge in [-0.1, -0.05) is 0 Å². The van der Waals surface area contributed by atoms with E-state index < -0.39 is 11.9 Å². The van der Waals surface area contributed by atoms with Crippen LogP contribution in [-0.4, -0.2) is 50.5 Å². The highest BCUT2D eigenvalue weighted by molar-refractivity contribution is 8.14. The van der Waals surface area contributed by atoms with Crippen molar-refractivity contribution < 1.29 is 19.1 Å². The van der Waals surface area contributed by atoms with Crippen LogP contribution in [0.5, 0.6) is 0 Å². The fourth-order valence-corrected chi connectivity index (χ4v) is 3.95. The first kappa shape index (κ1) is 19.3. The Balaban J connectivity index is 1.88. The molecule has 0 saturated heterocycles. The molecule has 2 aliphatic heterocycles. The Labute approximate surface area is 163 Å². The molecule has 1 aromatic rings. The molecule has 2 aliphatic rings. The van der Waals surface area contributed by atoms with Crippen molar-refractivity contribution in [1.29, 1.82) is 0 Å². The molecule has 7 nitrogen and oxygen atoms in total. The first-order valence-corrected chi connectivity index (χ1v) is 9.79. The fraction of sp³-hybridized carbons (Fsp3) is 0.421. The minimum absolute atomic E-state index is 0.128. The molecule has 1 aromatic carbocycles. The maximum absolute atomic E-state index is 12.2. The van der Waals surface area contributed by atoms with Crippen molar-refractivity contribution in [2.24, 2.45) is 4.99 Å². The number of carbonyl (C=O) groups is 2. The van der Waals surface area contributed by atoms with Gasteiger partial charge >= 0.3 is 11.9 Å². The third-order valence-corrected chi connectivity index (χ3v) is 5.27. The van der Waals surface area contributed by atoms with Crippen molar-refractivity contribution in [2.75, 3.05) is 43.2 Å². The molecule has 0 bridgehead atoms. The SMILES string of the molecule is CCOC(=O)C(=CN(C)c1ccc2c(c1)N1CCCN=C1S2)C(=O)OCC. The number of fused-ring (bicyclic) bond motifs is 3. The highest BCUT2D eigenvalue weighted by Crippen LogP contribution is 2.43. The fourth-order valence-electron chi connectivity index (χ4n) is 2.89. The van der Waals surface area contributed by atoms with Crippen LogP contribution in [0.25, 0.3) is 0 Å². The lowest BCUT2D eigenvalue weighted by Crippen LogP contribution is -2.30. The summed E-state index contributed by atoms with van der Waals surface area (Å²) in [6, 6.07) is 6.03. The topological polar surface area (TPSA) is 71.4 Å². The van der Waals surface area contributed by atoms with Crippen LogP contribution in [-0.2, 0) is 19.1 Å². The van der Waals surface area contributed by atoms with E-state index in [1.807, 2.05) is 18.2 Å². The van der Waals surface area contributed by atoms with E-state index in [-0.39, 0.29) is 18.8 Å². The van der Waals surface area contributed by atoms with Gasteiger partial charge < -0.3 is 19.3 Å². The minimum Gasteiger partial charge on any atom is -0.462 e. The number of hydrogen-bond acceptors (Lipinski definition) is 8. The normalized spacial score (nSPS) is 14.6. The summed E-state index contributed by atoms with van der Waals surface area (Å²) in [4.78, 5) is 34.0. The molecule has 0 radical (unpaired) electrons. The lowest BCUT2D eigenvalue weighted by atomic mass is 10.2. The Bertz CT molecular complexity index is 786. The molecule has 0 amide bonds. The molecule has 144 valence electrons. The monoisotopic (exact) mass is 389 g/mol. The lowest BCUT2D eigenvalue weighted by molar-refractivity contribution is -0.146. The Kier molecular flexibility index (Phi) is 6.05. The molecule has 27 heavy (non-hydrogen) atoms. The smallest absolute Gasteiger partial charge is 0.347 e. The van der Waals surface area contributed by atoms with E-state index in [0.29, 0.717) is 0 Å². The summed E-state index contributed by atoms with van der Waals surface area (Å²) < 4.78 is 9.98. The van der Waals surface area contributed by atoms with Crippen molar-refractivity contribution in [1.82, 2.24) is 0 Å². The number of benzene rings is 1. The van der Waals surface area contributed by atoms with E-state index in [1.165, 1.54) is 6.20 Å². The maximum atomic E-state index is 12.2. The van der Waals surface area contributed by atoms with Gasteiger partial charge in [0.1, 0.15) is 0 Å². The minimum atomic E-state index is -0.690. The van der Waals surface area contributed by atoms with E-state index in [2.05, 4.69) is 9.89 Å². The van der Waals surface area contributed by atoms with Crippen molar-refractivity contribution in [3.8, 4) is 0 Å². The Morgan fingerprint density at radius 2 is 1.96 bits per heavy atom. The van der Waals surface area contributed by atoms with Gasteiger partial charge in [-0.2, -0.15) is 0 Å². The molecule has 0 N–H and O–H groups in total. The summed E-state index contributed by atoms with van der Waals surface area (Å²) in [6.07, 6.45) is 2.49. The van der Waals surface area contributed by atoms with Gasteiger partial charge in [0.25, 0.3) is 0 Å². The summed E-state index contributed by atoms with van der Waals surface area (Å²) in [7, 11) is 1.79. The molecule has 2 heterocycles. The molecular formula is C19H23N3O4S. The number of amidine groups is 1. The predicted molar refractivity (Wildman–Crippen MR) is 106 cm³/mol. The highest BCUT2D eigenvalue weighted by atomic mass is 32.2. The largest absolute Gasteiger partial charge is 0.462 e. The second-order valence-corrected chi connectivity index (χ2v) is 7.03. The average molecular weight is 389 g/mol. The van der Waals surface area contributed by atoms with Crippen LogP contribution in [0.1, 0.15) is 20.3 Å². The van der Waals surface area contributed by atoms with E-state index in [9.17, 15) is 9.59 Å². The van der Waals surface area contributed by atoms with Gasteiger partial charge in [-0.3, -0.25) is 4.99 Å². The second-order valence-electron chi connectivity index (χ2n) is 6.02. The zero-order valence-electron chi connectivity index (χ0n) is 15.7. The van der Waals surface area contributed by atoms with Crippen LogP contribution in [0.15, 0.2) is 39.9 Å². The third-order valence-electron chi connectivity index (χ3n) is 4.17. The summed E-state index contributed by atoms with van der Waals surface area (Å²) in [5.41, 5.74) is 1.83. The van der Waals surface area contributed by atoms with Crippen molar-refractivity contribution in [3.63, 3.8) is 0 Å². The first-order chi connectivity index (χ1) is 13.0. The molecule has 0 aromatic heterocycles. The van der Waals surface area contributed by atoms with Gasteiger partial charge in [0.2, 0.25) is 0 Å². The third kappa shape index (κ3) is 4.10. The van der Waals surface area contributed by atoms with Gasteiger partial charge in [0, 0.05) is 36.9 Å². The van der Waals surface area contributed by atoms with Crippen LogP contribution >= 0.6 is 11.8 Å². The van der Waals surface area contributed by atoms with Gasteiger partial charge in [0.05, 0.1) is 18.9 Å². The Morgan fingerprint density at radius 3 is 2.63 bits per heavy atom. The Morgan fingerprint density at radius 1 is 1.26 bits per heavy atom. The summed E-state index contributed by atoms with van der Waals surface area (Å²) in [5.74, 6) is -1.38. The number of esters is 2. The zero-order chi connectivity index (χ0) is 19.4. The van der Waals surface area contributed by atoms with Crippen molar-refractivity contribution >= 4 is 40.2 Å². The number of thioether (sulfide) groups is 1. The first-order valence-electron chi connectivity index (χ1n) is 8.98. The number of anilines is 2. The second kappa shape index (κ2) is 8.47. The summed E-state index contributed by atoms with van der Waals surface area (Å²) in [6.45, 7) is 5.57. The Hall–Kier alpha value is -2.48. The average Bonchev–Trinajstić information content (AvgIpc) is 3.04. The number of nitrogens with zero attached hydrogens (tertiary/aromatic N) is 3. The van der Waals surface area contributed by atoms with Gasteiger partial charge in [-0.15, -0.1) is 0 Å².